The second-order valence-electron chi connectivity index (χ2n) is 6.49. The number of nitrogens with zero attached hydrogens (tertiary/aromatic N) is 5. The third-order valence-electron chi connectivity index (χ3n) is 4.44. The van der Waals surface area contributed by atoms with Crippen LogP contribution in [-0.2, 0) is 6.54 Å². The van der Waals surface area contributed by atoms with Crippen LogP contribution in [-0.4, -0.2) is 39.8 Å². The number of hydrogen-bond donors (Lipinski definition) is 0. The van der Waals surface area contributed by atoms with Gasteiger partial charge in [-0.1, -0.05) is 30.3 Å². The first-order valence-electron chi connectivity index (χ1n) is 9.07. The summed E-state index contributed by atoms with van der Waals surface area (Å²) in [5.74, 6) is 1.71. The molecule has 0 saturated heterocycles. The maximum atomic E-state index is 12.6. The van der Waals surface area contributed by atoms with Gasteiger partial charge in [0.15, 0.2) is 17.0 Å². The predicted octanol–water partition coefficient (Wildman–Crippen LogP) is 4.17. The average Bonchev–Trinajstić information content (AvgIpc) is 3.18. The van der Waals surface area contributed by atoms with E-state index in [1.807, 2.05) is 42.3 Å². The van der Waals surface area contributed by atoms with Crippen LogP contribution in [0.2, 0.25) is 5.28 Å². The molecule has 4 rings (SSSR count). The summed E-state index contributed by atoms with van der Waals surface area (Å²) in [6.45, 7) is 0.549. The molecule has 2 aromatic carbocycles. The second kappa shape index (κ2) is 8.38. The Bertz CT molecular complexity index is 1180. The predicted molar refractivity (Wildman–Crippen MR) is 113 cm³/mol. The SMILES string of the molecule is COc1ccc(CN(C)c2nc(Cl)nc3c2ncn3C(=O)Oc2ccccc2)cc1. The normalized spacial score (nSPS) is 10.8. The van der Waals surface area contributed by atoms with Gasteiger partial charge in [-0.15, -0.1) is 0 Å². The lowest BCUT2D eigenvalue weighted by atomic mass is 10.2. The molecule has 0 radical (unpaired) electrons. The third kappa shape index (κ3) is 4.04. The maximum Gasteiger partial charge on any atom is 0.426 e. The Labute approximate surface area is 177 Å². The molecule has 0 aliphatic rings. The van der Waals surface area contributed by atoms with Crippen molar-refractivity contribution in [3.05, 3.63) is 71.8 Å². The Balaban J connectivity index is 1.63. The van der Waals surface area contributed by atoms with Crippen molar-refractivity contribution in [3.8, 4) is 11.5 Å². The summed E-state index contributed by atoms with van der Waals surface area (Å²) in [5.41, 5.74) is 1.76. The lowest BCUT2D eigenvalue weighted by Crippen LogP contribution is -2.19. The Kier molecular flexibility index (Phi) is 5.49. The first-order valence-corrected chi connectivity index (χ1v) is 9.45. The second-order valence-corrected chi connectivity index (χ2v) is 6.83. The summed E-state index contributed by atoms with van der Waals surface area (Å²) < 4.78 is 11.8. The zero-order chi connectivity index (χ0) is 21.1. The summed E-state index contributed by atoms with van der Waals surface area (Å²) in [7, 11) is 3.49. The van der Waals surface area contributed by atoms with Gasteiger partial charge in [0.25, 0.3) is 0 Å². The monoisotopic (exact) mass is 423 g/mol. The van der Waals surface area contributed by atoms with Crippen molar-refractivity contribution < 1.29 is 14.3 Å². The van der Waals surface area contributed by atoms with Crippen LogP contribution < -0.4 is 14.4 Å². The lowest BCUT2D eigenvalue weighted by Gasteiger charge is -2.18. The van der Waals surface area contributed by atoms with Crippen LogP contribution in [0.5, 0.6) is 11.5 Å². The van der Waals surface area contributed by atoms with Gasteiger partial charge in [0.05, 0.1) is 7.11 Å². The van der Waals surface area contributed by atoms with Gasteiger partial charge in [-0.05, 0) is 41.4 Å². The van der Waals surface area contributed by atoms with Crippen molar-refractivity contribution in [1.82, 2.24) is 19.5 Å². The molecule has 9 heteroatoms. The van der Waals surface area contributed by atoms with Gasteiger partial charge in [-0.2, -0.15) is 9.97 Å². The van der Waals surface area contributed by atoms with Crippen LogP contribution in [0, 0.1) is 0 Å². The molecule has 0 unspecified atom stereocenters. The molecule has 0 fully saturated rings. The number of halogens is 1. The maximum absolute atomic E-state index is 12.6. The highest BCUT2D eigenvalue weighted by molar-refractivity contribution is 6.28. The molecule has 0 atom stereocenters. The van der Waals surface area contributed by atoms with E-state index in [0.29, 0.717) is 23.6 Å². The fourth-order valence-electron chi connectivity index (χ4n) is 2.98. The quantitative estimate of drug-likeness (QED) is 0.445. The number of fused-ring (bicyclic) bond motifs is 1. The minimum atomic E-state index is -0.637. The molecule has 0 bridgehead atoms. The smallest absolute Gasteiger partial charge is 0.426 e. The number of anilines is 1. The van der Waals surface area contributed by atoms with Crippen molar-refractivity contribution in [2.24, 2.45) is 0 Å². The molecule has 2 heterocycles. The van der Waals surface area contributed by atoms with E-state index >= 15 is 0 Å². The molecule has 0 aliphatic heterocycles. The zero-order valence-corrected chi connectivity index (χ0v) is 17.1. The highest BCUT2D eigenvalue weighted by Gasteiger charge is 2.20. The van der Waals surface area contributed by atoms with Gasteiger partial charge in [-0.25, -0.2) is 14.3 Å². The van der Waals surface area contributed by atoms with Crippen LogP contribution in [0.3, 0.4) is 0 Å². The Morgan fingerprint density at radius 1 is 1.07 bits per heavy atom. The highest BCUT2D eigenvalue weighted by atomic mass is 35.5. The van der Waals surface area contributed by atoms with Crippen molar-refractivity contribution in [1.29, 1.82) is 0 Å². The largest absolute Gasteiger partial charge is 0.497 e. The number of rotatable bonds is 5. The minimum absolute atomic E-state index is 0.00772. The number of hydrogen-bond acceptors (Lipinski definition) is 7. The van der Waals surface area contributed by atoms with Crippen LogP contribution in [0.25, 0.3) is 11.2 Å². The molecule has 2 aromatic heterocycles. The number of imidazole rings is 1. The number of aromatic nitrogens is 4. The van der Waals surface area contributed by atoms with E-state index in [2.05, 4.69) is 15.0 Å². The molecule has 8 nitrogen and oxygen atoms in total. The standard InChI is InChI=1S/C21H18ClN5O3/c1-26(12-14-8-10-15(29-2)11-9-14)18-17-19(25-20(22)24-18)27(13-23-17)21(28)30-16-6-4-3-5-7-16/h3-11,13H,12H2,1-2H3. The van der Waals surface area contributed by atoms with Gasteiger partial charge in [-0.3, -0.25) is 0 Å². The Morgan fingerprint density at radius 2 is 1.80 bits per heavy atom. The van der Waals surface area contributed by atoms with Crippen molar-refractivity contribution in [2.45, 2.75) is 6.54 Å². The van der Waals surface area contributed by atoms with E-state index < -0.39 is 6.09 Å². The molecular weight excluding hydrogens is 406 g/mol. The topological polar surface area (TPSA) is 82.4 Å². The van der Waals surface area contributed by atoms with Crippen LogP contribution in [0.4, 0.5) is 10.6 Å². The van der Waals surface area contributed by atoms with E-state index in [-0.39, 0.29) is 10.9 Å². The zero-order valence-electron chi connectivity index (χ0n) is 16.3. The van der Waals surface area contributed by atoms with Crippen LogP contribution in [0.15, 0.2) is 60.9 Å². The van der Waals surface area contributed by atoms with Gasteiger partial charge in [0, 0.05) is 13.6 Å². The Hall–Kier alpha value is -3.65. The summed E-state index contributed by atoms with van der Waals surface area (Å²) in [6.07, 6.45) is 0.716. The molecule has 0 amide bonds. The minimum Gasteiger partial charge on any atom is -0.497 e. The van der Waals surface area contributed by atoms with Crippen molar-refractivity contribution >= 4 is 34.7 Å². The molecule has 0 spiro atoms. The van der Waals surface area contributed by atoms with E-state index in [9.17, 15) is 4.79 Å². The van der Waals surface area contributed by atoms with Gasteiger partial charge >= 0.3 is 6.09 Å². The van der Waals surface area contributed by atoms with Gasteiger partial charge in [0.1, 0.15) is 17.8 Å². The highest BCUT2D eigenvalue weighted by Crippen LogP contribution is 2.25. The van der Waals surface area contributed by atoms with E-state index in [4.69, 9.17) is 21.1 Å². The number of methoxy groups -OCH3 is 1. The van der Waals surface area contributed by atoms with Crippen LogP contribution in [0.1, 0.15) is 5.56 Å². The average molecular weight is 424 g/mol. The third-order valence-corrected chi connectivity index (χ3v) is 4.60. The van der Waals surface area contributed by atoms with Gasteiger partial charge < -0.3 is 14.4 Å². The summed E-state index contributed by atoms with van der Waals surface area (Å²) in [6, 6.07) is 16.5. The summed E-state index contributed by atoms with van der Waals surface area (Å²) in [5, 5.41) is 0.00772. The Morgan fingerprint density at radius 3 is 2.50 bits per heavy atom. The van der Waals surface area contributed by atoms with E-state index in [0.717, 1.165) is 11.3 Å². The number of benzene rings is 2. The molecule has 0 aliphatic carbocycles. The van der Waals surface area contributed by atoms with Gasteiger partial charge in [0.2, 0.25) is 5.28 Å². The van der Waals surface area contributed by atoms with E-state index in [1.165, 1.54) is 10.9 Å². The first-order chi connectivity index (χ1) is 14.5. The summed E-state index contributed by atoms with van der Waals surface area (Å²) >= 11 is 6.15. The fraction of sp³-hybridized carbons (Fsp3) is 0.143. The number of para-hydroxylation sites is 1. The van der Waals surface area contributed by atoms with E-state index in [1.54, 1.807) is 31.4 Å². The molecule has 0 saturated carbocycles. The summed E-state index contributed by atoms with van der Waals surface area (Å²) in [4.78, 5) is 27.3. The first kappa shape index (κ1) is 19.7. The molecule has 4 aromatic rings. The molecule has 0 N–H and O–H groups in total. The van der Waals surface area contributed by atoms with Crippen molar-refractivity contribution in [3.63, 3.8) is 0 Å². The molecule has 30 heavy (non-hydrogen) atoms. The fourth-order valence-corrected chi connectivity index (χ4v) is 3.14. The number of carbonyl (C=O) groups is 1. The molecule has 152 valence electrons. The molecular formula is C21H18ClN5O3. The number of ether oxygens (including phenoxy) is 2. The lowest BCUT2D eigenvalue weighted by molar-refractivity contribution is 0.203. The van der Waals surface area contributed by atoms with Crippen molar-refractivity contribution in [2.75, 3.05) is 19.1 Å². The van der Waals surface area contributed by atoms with Crippen LogP contribution >= 0.6 is 11.6 Å². The number of carbonyl (C=O) groups excluding carboxylic acids is 1.